The van der Waals surface area contributed by atoms with Gasteiger partial charge in [0.05, 0.1) is 5.88 Å². The van der Waals surface area contributed by atoms with Crippen molar-refractivity contribution in [1.82, 2.24) is 0 Å². The minimum Gasteiger partial charge on any atom is -0.538 e. The Balaban J connectivity index is 4.56. The monoisotopic (exact) mass is 161 g/mol. The molecule has 0 amide bonds. The quantitative estimate of drug-likeness (QED) is 0.161. The molecule has 0 saturated heterocycles. The van der Waals surface area contributed by atoms with E-state index in [9.17, 15) is 14.7 Å². The zero-order valence-corrected chi connectivity index (χ0v) is 5.46. The Morgan fingerprint density at radius 3 is 2.20 bits per heavy atom. The van der Waals surface area contributed by atoms with Gasteiger partial charge in [-0.3, -0.25) is 4.79 Å². The lowest BCUT2D eigenvalue weighted by atomic mass is 10.3. The molecule has 0 heterocycles. The van der Waals surface area contributed by atoms with Gasteiger partial charge in [0.2, 0.25) is 0 Å². The van der Waals surface area contributed by atoms with Crippen LogP contribution in [0.2, 0.25) is 0 Å². The molecule has 0 aliphatic carbocycles. The van der Waals surface area contributed by atoms with Gasteiger partial charge in [0.15, 0.2) is 5.97 Å². The second-order valence-electron chi connectivity index (χ2n) is 1.29. The summed E-state index contributed by atoms with van der Waals surface area (Å²) in [5.41, 5.74) is 6.83. The zero-order valence-electron chi connectivity index (χ0n) is 4.70. The molecule has 54 valence electrons. The van der Waals surface area contributed by atoms with E-state index < -0.39 is 23.3 Å². The number of aliphatic carboxylic acids is 1. The molecule has 6 heteroatoms. The summed E-state index contributed by atoms with van der Waals surface area (Å²) < 4.78 is 0. The Morgan fingerprint density at radius 1 is 1.60 bits per heavy atom. The second-order valence-corrected chi connectivity index (χ2v) is 1.56. The van der Waals surface area contributed by atoms with Crippen LogP contribution in [-0.4, -0.2) is 28.1 Å². The average molecular weight is 162 g/mol. The van der Waals surface area contributed by atoms with E-state index in [1.54, 1.807) is 0 Å². The third-order valence-corrected chi connectivity index (χ3v) is 0.922. The van der Waals surface area contributed by atoms with Crippen molar-refractivity contribution < 1.29 is 19.5 Å². The summed E-state index contributed by atoms with van der Waals surface area (Å²) in [5, 5.41) is 9.85. The fourth-order valence-corrected chi connectivity index (χ4v) is 0.400. The summed E-state index contributed by atoms with van der Waals surface area (Å²) in [6.45, 7) is 0. The number of halogens is 1. The molecule has 0 N–H and O–H groups in total. The van der Waals surface area contributed by atoms with Crippen LogP contribution in [0.5, 0.6) is 0 Å². The number of Topliss-reactive ketones (excluding diaryl/α,β-unsaturated/α-hetero) is 1. The molecule has 0 atom stereocenters. The second kappa shape index (κ2) is 3.76. The van der Waals surface area contributed by atoms with E-state index in [-0.39, 0.29) is 0 Å². The molecule has 0 spiro atoms. The summed E-state index contributed by atoms with van der Waals surface area (Å²) in [6, 6.07) is 0. The molecule has 0 aliphatic heterocycles. The largest absolute Gasteiger partial charge is 0.538 e. The van der Waals surface area contributed by atoms with Crippen LogP contribution in [-0.2, 0) is 9.59 Å². The first kappa shape index (κ1) is 8.81. The minimum absolute atomic E-state index is 0.548. The Labute approximate surface area is 60.8 Å². The summed E-state index contributed by atoms with van der Waals surface area (Å²) >= 11 is 4.94. The smallest absolute Gasteiger partial charge is 0.381 e. The first-order valence-corrected chi connectivity index (χ1v) is 2.69. The van der Waals surface area contributed by atoms with E-state index in [1.807, 2.05) is 0 Å². The lowest BCUT2D eigenvalue weighted by Gasteiger charge is -1.90. The van der Waals surface area contributed by atoms with E-state index in [1.165, 1.54) is 0 Å². The molecule has 0 unspecified atom stereocenters. The van der Waals surface area contributed by atoms with Gasteiger partial charge in [-0.1, -0.05) is 0 Å². The highest BCUT2D eigenvalue weighted by atomic mass is 35.5. The lowest BCUT2D eigenvalue weighted by Crippen LogP contribution is -2.38. The fourth-order valence-electron chi connectivity index (χ4n) is 0.274. The van der Waals surface area contributed by atoms with Crippen LogP contribution in [0.15, 0.2) is 0 Å². The first-order chi connectivity index (χ1) is 4.63. The van der Waals surface area contributed by atoms with Crippen LogP contribution in [0.25, 0.3) is 5.53 Å². The van der Waals surface area contributed by atoms with Crippen LogP contribution in [0.4, 0.5) is 0 Å². The number of carbonyl (C=O) groups is 2. The van der Waals surface area contributed by atoms with Crippen molar-refractivity contribution >= 4 is 29.1 Å². The van der Waals surface area contributed by atoms with Crippen LogP contribution in [0, 0.1) is 0 Å². The van der Waals surface area contributed by atoms with Crippen molar-refractivity contribution in [2.75, 3.05) is 5.88 Å². The molecule has 0 rings (SSSR count). The van der Waals surface area contributed by atoms with E-state index in [2.05, 4.69) is 4.79 Å². The Morgan fingerprint density at radius 2 is 2.10 bits per heavy atom. The van der Waals surface area contributed by atoms with Gasteiger partial charge in [-0.25, -0.2) is 0 Å². The van der Waals surface area contributed by atoms with Gasteiger partial charge in [-0.15, -0.1) is 11.6 Å². The van der Waals surface area contributed by atoms with Gasteiger partial charge >= 0.3 is 5.71 Å². The number of ketones is 1. The van der Waals surface area contributed by atoms with Crippen LogP contribution in [0.1, 0.15) is 0 Å². The summed E-state index contributed by atoms with van der Waals surface area (Å²) in [6.07, 6.45) is 0. The van der Waals surface area contributed by atoms with E-state index in [0.29, 0.717) is 0 Å². The van der Waals surface area contributed by atoms with Crippen molar-refractivity contribution in [3.63, 3.8) is 0 Å². The Kier molecular flexibility index (Phi) is 3.32. The number of hydrogen-bond acceptors (Lipinski definition) is 3. The van der Waals surface area contributed by atoms with Crippen molar-refractivity contribution in [2.24, 2.45) is 0 Å². The van der Waals surface area contributed by atoms with E-state index in [0.717, 1.165) is 0 Å². The van der Waals surface area contributed by atoms with Gasteiger partial charge in [0.1, 0.15) is 0 Å². The molecular formula is C4H2ClN2O3-. The molecule has 0 radical (unpaired) electrons. The maximum Gasteiger partial charge on any atom is 0.381 e. The minimum atomic E-state index is -1.84. The molecule has 0 fully saturated rings. The molecule has 0 saturated carbocycles. The standard InChI is InChI=1S/C4H3ClN2O3/c5-1-2(8)3(7-6)4(9)10/h1H2,(H,9,10)/p-1. The number of carboxylic acids is 1. The predicted octanol–water partition coefficient (Wildman–Crippen LogP) is -1.78. The highest BCUT2D eigenvalue weighted by Crippen LogP contribution is 1.80. The van der Waals surface area contributed by atoms with Gasteiger partial charge in [-0.2, -0.15) is 4.79 Å². The topological polar surface area (TPSA) is 93.6 Å². The summed E-state index contributed by atoms with van der Waals surface area (Å²) in [7, 11) is 0. The Hall–Kier alpha value is -1.19. The van der Waals surface area contributed by atoms with E-state index >= 15 is 0 Å². The summed E-state index contributed by atoms with van der Waals surface area (Å²) in [4.78, 5) is 22.4. The first-order valence-electron chi connectivity index (χ1n) is 2.16. The Bertz CT molecular complexity index is 219. The molecule has 0 aromatic carbocycles. The number of nitrogens with zero attached hydrogens (tertiary/aromatic N) is 2. The predicted molar refractivity (Wildman–Crippen MR) is 29.4 cm³/mol. The van der Waals surface area contributed by atoms with Crippen molar-refractivity contribution in [3.8, 4) is 0 Å². The van der Waals surface area contributed by atoms with Crippen molar-refractivity contribution in [1.29, 1.82) is 0 Å². The van der Waals surface area contributed by atoms with Crippen molar-refractivity contribution in [2.45, 2.75) is 0 Å². The molecule has 0 aromatic rings. The average Bonchev–Trinajstić information content (AvgIpc) is 1.88. The summed E-state index contributed by atoms with van der Waals surface area (Å²) in [5.74, 6) is -3.37. The van der Waals surface area contributed by atoms with Gasteiger partial charge < -0.3 is 15.4 Å². The number of carbonyl (C=O) groups excluding carboxylic acids is 2. The normalized spacial score (nSPS) is 8.10. The molecule has 10 heavy (non-hydrogen) atoms. The van der Waals surface area contributed by atoms with Gasteiger partial charge in [0, 0.05) is 0 Å². The third kappa shape index (κ3) is 1.97. The molecule has 0 aromatic heterocycles. The molecule has 0 aliphatic rings. The number of rotatable bonds is 3. The lowest BCUT2D eigenvalue weighted by molar-refractivity contribution is -0.297. The maximum atomic E-state index is 10.3. The van der Waals surface area contributed by atoms with Crippen LogP contribution >= 0.6 is 11.6 Å². The maximum absolute atomic E-state index is 10.3. The van der Waals surface area contributed by atoms with Gasteiger partial charge in [-0.05, 0) is 0 Å². The SMILES string of the molecule is [N-]=[N+]=C(C(=O)[O-])C(=O)CCl. The third-order valence-electron chi connectivity index (χ3n) is 0.679. The fraction of sp³-hybridized carbons (Fsp3) is 0.250. The number of alkyl halides is 1. The van der Waals surface area contributed by atoms with Crippen LogP contribution in [0.3, 0.4) is 0 Å². The number of carboxylic acid groups (broad SMARTS) is 1. The van der Waals surface area contributed by atoms with Gasteiger partial charge in [0.25, 0.3) is 5.78 Å². The molecule has 5 nitrogen and oxygen atoms in total. The zero-order chi connectivity index (χ0) is 8.15. The highest BCUT2D eigenvalue weighted by molar-refractivity contribution is 6.65. The highest BCUT2D eigenvalue weighted by Gasteiger charge is 2.19. The van der Waals surface area contributed by atoms with E-state index in [4.69, 9.17) is 17.1 Å². The van der Waals surface area contributed by atoms with Crippen molar-refractivity contribution in [3.05, 3.63) is 5.53 Å². The molecule has 0 bridgehead atoms. The molecular weight excluding hydrogens is 160 g/mol. The van der Waals surface area contributed by atoms with Crippen LogP contribution < -0.4 is 5.11 Å². The number of hydrogen-bond donors (Lipinski definition) is 0.